The number of hydrazine groups is 1. The third kappa shape index (κ3) is 2.11. The Hall–Kier alpha value is -2.71. The molecule has 0 spiro atoms. The zero-order chi connectivity index (χ0) is 16.0. The topological polar surface area (TPSA) is 113 Å². The number of benzene rings is 1. The number of hydrogen-bond acceptors (Lipinski definition) is 6. The highest BCUT2D eigenvalue weighted by Crippen LogP contribution is 2.39. The summed E-state index contributed by atoms with van der Waals surface area (Å²) in [6, 6.07) is 5.16. The van der Waals surface area contributed by atoms with Crippen LogP contribution in [-0.2, 0) is 4.74 Å². The Morgan fingerprint density at radius 3 is 2.87 bits per heavy atom. The number of amides is 1. The van der Waals surface area contributed by atoms with E-state index in [-0.39, 0.29) is 17.5 Å². The van der Waals surface area contributed by atoms with Gasteiger partial charge in [0.05, 0.1) is 30.0 Å². The van der Waals surface area contributed by atoms with E-state index < -0.39 is 0 Å². The first-order valence-electron chi connectivity index (χ1n) is 7.32. The Kier molecular flexibility index (Phi) is 3.14. The predicted molar refractivity (Wildman–Crippen MR) is 81.7 cm³/mol. The number of carbonyl (C=O) groups is 2. The van der Waals surface area contributed by atoms with Crippen LogP contribution in [0.15, 0.2) is 18.2 Å². The van der Waals surface area contributed by atoms with Crippen molar-refractivity contribution in [3.63, 3.8) is 0 Å². The second kappa shape index (κ2) is 5.18. The maximum atomic E-state index is 12.6. The summed E-state index contributed by atoms with van der Waals surface area (Å²) in [6.45, 7) is 2.37. The van der Waals surface area contributed by atoms with E-state index in [1.807, 2.05) is 0 Å². The normalized spacial score (nSPS) is 17.0. The molecule has 0 atom stereocenters. The number of aromatic nitrogens is 2. The summed E-state index contributed by atoms with van der Waals surface area (Å²) in [4.78, 5) is 25.2. The number of nitrogens with zero attached hydrogens (tertiary/aromatic N) is 2. The number of nitrogens with two attached hydrogens (primary N) is 1. The Morgan fingerprint density at radius 2 is 2.09 bits per heavy atom. The van der Waals surface area contributed by atoms with Gasteiger partial charge in [-0.05, 0) is 6.07 Å². The van der Waals surface area contributed by atoms with E-state index in [9.17, 15) is 9.59 Å². The van der Waals surface area contributed by atoms with Crippen molar-refractivity contribution in [2.24, 2.45) is 0 Å². The van der Waals surface area contributed by atoms with Gasteiger partial charge in [0.25, 0.3) is 5.91 Å². The fourth-order valence-corrected chi connectivity index (χ4v) is 2.98. The van der Waals surface area contributed by atoms with E-state index in [1.165, 1.54) is 0 Å². The molecule has 1 amide bonds. The molecule has 2 aromatic rings. The molecule has 1 aliphatic heterocycles. The van der Waals surface area contributed by atoms with E-state index in [0.29, 0.717) is 54.3 Å². The number of hydrogen-bond donors (Lipinski definition) is 3. The highest BCUT2D eigenvalue weighted by molar-refractivity contribution is 6.26. The lowest BCUT2D eigenvalue weighted by Gasteiger charge is -2.27. The number of nitrogens with one attached hydrogen (secondary N) is 2. The number of aromatic amines is 1. The molecule has 2 heterocycles. The van der Waals surface area contributed by atoms with Crippen LogP contribution in [0.3, 0.4) is 0 Å². The first-order chi connectivity index (χ1) is 11.2. The minimum absolute atomic E-state index is 0.153. The average molecular weight is 313 g/mol. The summed E-state index contributed by atoms with van der Waals surface area (Å²) >= 11 is 0. The van der Waals surface area contributed by atoms with Crippen LogP contribution in [0.25, 0.3) is 11.3 Å². The van der Waals surface area contributed by atoms with Gasteiger partial charge in [-0.1, -0.05) is 12.1 Å². The minimum atomic E-state index is -0.311. The van der Waals surface area contributed by atoms with Crippen molar-refractivity contribution in [1.82, 2.24) is 20.6 Å². The number of rotatable bonds is 2. The first-order valence-corrected chi connectivity index (χ1v) is 7.32. The molecule has 118 valence electrons. The Balaban J connectivity index is 1.69. The zero-order valence-corrected chi connectivity index (χ0v) is 12.3. The van der Waals surface area contributed by atoms with Gasteiger partial charge in [-0.15, -0.1) is 0 Å². The lowest BCUT2D eigenvalue weighted by molar-refractivity contribution is 0.0126. The van der Waals surface area contributed by atoms with E-state index in [4.69, 9.17) is 10.5 Å². The zero-order valence-electron chi connectivity index (χ0n) is 12.3. The van der Waals surface area contributed by atoms with Gasteiger partial charge in [-0.25, -0.2) is 5.01 Å². The highest BCUT2D eigenvalue weighted by atomic mass is 16.5. The molecule has 0 unspecified atom stereocenters. The van der Waals surface area contributed by atoms with Crippen LogP contribution in [0.4, 0.5) is 5.82 Å². The smallest absolute Gasteiger partial charge is 0.266 e. The SMILES string of the molecule is Nc1n[nH]c2c1C(=O)c1c(C(=O)NN3CCOCC3)cccc1-2. The van der Waals surface area contributed by atoms with Crippen LogP contribution < -0.4 is 11.2 Å². The van der Waals surface area contributed by atoms with Gasteiger partial charge in [-0.2, -0.15) is 5.10 Å². The summed E-state index contributed by atoms with van der Waals surface area (Å²) in [6.07, 6.45) is 0. The maximum absolute atomic E-state index is 12.6. The van der Waals surface area contributed by atoms with Gasteiger partial charge < -0.3 is 10.5 Å². The number of fused-ring (bicyclic) bond motifs is 3. The summed E-state index contributed by atoms with van der Waals surface area (Å²) in [5.41, 5.74) is 10.8. The number of morpholine rings is 1. The first kappa shape index (κ1) is 13.9. The fourth-order valence-electron chi connectivity index (χ4n) is 2.98. The Bertz CT molecular complexity index is 807. The van der Waals surface area contributed by atoms with E-state index in [1.54, 1.807) is 23.2 Å². The fraction of sp³-hybridized carbons (Fsp3) is 0.267. The third-order valence-electron chi connectivity index (χ3n) is 4.10. The number of nitrogen functional groups attached to an aromatic ring is 1. The van der Waals surface area contributed by atoms with Gasteiger partial charge in [0.2, 0.25) is 0 Å². The molecule has 1 aromatic heterocycles. The molecule has 0 bridgehead atoms. The van der Waals surface area contributed by atoms with Crippen LogP contribution in [0.5, 0.6) is 0 Å². The Morgan fingerprint density at radius 1 is 1.30 bits per heavy atom. The third-order valence-corrected chi connectivity index (χ3v) is 4.10. The van der Waals surface area contributed by atoms with Crippen molar-refractivity contribution in [1.29, 1.82) is 0 Å². The number of H-pyrrole nitrogens is 1. The van der Waals surface area contributed by atoms with Crippen molar-refractivity contribution < 1.29 is 14.3 Å². The van der Waals surface area contributed by atoms with Gasteiger partial charge >= 0.3 is 0 Å². The standard InChI is InChI=1S/C15H15N5O3/c16-14-11-12(17-18-14)8-2-1-3-9(10(8)13(11)21)15(22)19-20-4-6-23-7-5-20/h1-3H,4-7H2,(H,19,22)(H3,16,17,18). The number of carbonyl (C=O) groups excluding carboxylic acids is 2. The van der Waals surface area contributed by atoms with Crippen molar-refractivity contribution >= 4 is 17.5 Å². The largest absolute Gasteiger partial charge is 0.382 e. The molecule has 0 saturated carbocycles. The van der Waals surface area contributed by atoms with Crippen molar-refractivity contribution in [3.8, 4) is 11.3 Å². The molecular formula is C15H15N5O3. The van der Waals surface area contributed by atoms with E-state index >= 15 is 0 Å². The molecule has 2 aliphatic rings. The molecule has 23 heavy (non-hydrogen) atoms. The molecule has 8 nitrogen and oxygen atoms in total. The summed E-state index contributed by atoms with van der Waals surface area (Å²) in [7, 11) is 0. The van der Waals surface area contributed by atoms with Crippen molar-refractivity contribution in [3.05, 3.63) is 34.9 Å². The molecule has 1 fully saturated rings. The van der Waals surface area contributed by atoms with Crippen LogP contribution in [0, 0.1) is 0 Å². The molecule has 1 saturated heterocycles. The second-order valence-electron chi connectivity index (χ2n) is 5.46. The second-order valence-corrected chi connectivity index (χ2v) is 5.46. The summed E-state index contributed by atoms with van der Waals surface area (Å²) < 4.78 is 5.25. The lowest BCUT2D eigenvalue weighted by Crippen LogP contribution is -2.48. The van der Waals surface area contributed by atoms with Crippen molar-refractivity contribution in [2.45, 2.75) is 0 Å². The highest BCUT2D eigenvalue weighted by Gasteiger charge is 2.35. The minimum Gasteiger partial charge on any atom is -0.382 e. The number of anilines is 1. The molecule has 8 heteroatoms. The molecule has 4 rings (SSSR count). The van der Waals surface area contributed by atoms with Gasteiger partial charge in [0.15, 0.2) is 11.6 Å². The number of ether oxygens (including phenoxy) is 1. The van der Waals surface area contributed by atoms with Crippen molar-refractivity contribution in [2.75, 3.05) is 32.0 Å². The van der Waals surface area contributed by atoms with Crippen LogP contribution in [-0.4, -0.2) is 53.2 Å². The average Bonchev–Trinajstić information content (AvgIpc) is 3.08. The molecule has 1 aromatic carbocycles. The van der Waals surface area contributed by atoms with Gasteiger partial charge in [0.1, 0.15) is 0 Å². The summed E-state index contributed by atoms with van der Waals surface area (Å²) in [5, 5.41) is 8.42. The van der Waals surface area contributed by atoms with Crippen LogP contribution in [0.2, 0.25) is 0 Å². The molecule has 0 radical (unpaired) electrons. The monoisotopic (exact) mass is 313 g/mol. The molecular weight excluding hydrogens is 298 g/mol. The Labute approximate surface area is 131 Å². The van der Waals surface area contributed by atoms with Crippen LogP contribution in [0.1, 0.15) is 26.3 Å². The number of ketones is 1. The lowest BCUT2D eigenvalue weighted by atomic mass is 10.0. The molecule has 4 N–H and O–H groups in total. The van der Waals surface area contributed by atoms with Crippen LogP contribution >= 0.6 is 0 Å². The van der Waals surface area contributed by atoms with Gasteiger partial charge in [0, 0.05) is 24.2 Å². The molecule has 1 aliphatic carbocycles. The summed E-state index contributed by atoms with van der Waals surface area (Å²) in [5.74, 6) is -0.427. The predicted octanol–water partition coefficient (Wildman–Crippen LogP) is 0.180. The maximum Gasteiger partial charge on any atom is 0.266 e. The van der Waals surface area contributed by atoms with E-state index in [0.717, 1.165) is 0 Å². The van der Waals surface area contributed by atoms with Gasteiger partial charge in [-0.3, -0.25) is 20.1 Å². The quantitative estimate of drug-likeness (QED) is 0.622. The van der Waals surface area contributed by atoms with E-state index in [2.05, 4.69) is 15.6 Å².